The lowest BCUT2D eigenvalue weighted by Gasteiger charge is -2.34. The number of fused-ring (bicyclic) bond motifs is 1. The highest BCUT2D eigenvalue weighted by atomic mass is 32.2. The highest BCUT2D eigenvalue weighted by Crippen LogP contribution is 2.31. The standard InChI is InChI=1S/C18H17N3O3S3/c1-12-10-19-18(26-12)20-17(22)15-9-13-5-2-3-6-14(13)11-21(15)27(23,24)16-7-4-8-25-16/h2-8,10,15H,9,11H2,1H3,(H,19,20,22)/t15-/m1/s1. The van der Waals surface area contributed by atoms with Crippen LogP contribution < -0.4 is 5.32 Å². The van der Waals surface area contributed by atoms with Crippen LogP contribution in [-0.4, -0.2) is 29.7 Å². The molecule has 0 saturated heterocycles. The lowest BCUT2D eigenvalue weighted by atomic mass is 9.95. The van der Waals surface area contributed by atoms with E-state index in [0.717, 1.165) is 27.3 Å². The van der Waals surface area contributed by atoms with E-state index in [4.69, 9.17) is 0 Å². The lowest BCUT2D eigenvalue weighted by molar-refractivity contribution is -0.120. The zero-order valence-corrected chi connectivity index (χ0v) is 16.9. The first-order chi connectivity index (χ1) is 12.9. The van der Waals surface area contributed by atoms with E-state index < -0.39 is 16.1 Å². The van der Waals surface area contributed by atoms with Crippen LogP contribution in [0.3, 0.4) is 0 Å². The summed E-state index contributed by atoms with van der Waals surface area (Å²) in [7, 11) is -3.77. The molecule has 6 nitrogen and oxygen atoms in total. The number of carbonyl (C=O) groups is 1. The summed E-state index contributed by atoms with van der Waals surface area (Å²) in [6.07, 6.45) is 2.01. The molecule has 0 saturated carbocycles. The fourth-order valence-electron chi connectivity index (χ4n) is 3.10. The normalized spacial score (nSPS) is 17.4. The van der Waals surface area contributed by atoms with Gasteiger partial charge in [0.05, 0.1) is 0 Å². The molecule has 140 valence electrons. The van der Waals surface area contributed by atoms with E-state index >= 15 is 0 Å². The van der Waals surface area contributed by atoms with Crippen molar-refractivity contribution in [3.63, 3.8) is 0 Å². The van der Waals surface area contributed by atoms with E-state index in [1.165, 1.54) is 15.6 Å². The van der Waals surface area contributed by atoms with Crippen LogP contribution >= 0.6 is 22.7 Å². The van der Waals surface area contributed by atoms with Crippen molar-refractivity contribution in [2.75, 3.05) is 5.32 Å². The molecule has 1 aliphatic rings. The third-order valence-corrected chi connectivity index (χ3v) is 8.47. The number of thiazole rings is 1. The molecule has 0 aliphatic carbocycles. The zero-order valence-electron chi connectivity index (χ0n) is 14.5. The number of aromatic nitrogens is 1. The number of nitrogens with one attached hydrogen (secondary N) is 1. The van der Waals surface area contributed by atoms with Gasteiger partial charge in [-0.2, -0.15) is 4.31 Å². The van der Waals surface area contributed by atoms with E-state index in [9.17, 15) is 13.2 Å². The number of carbonyl (C=O) groups excluding carboxylic acids is 1. The Hall–Kier alpha value is -2.07. The van der Waals surface area contributed by atoms with Crippen molar-refractivity contribution in [3.05, 3.63) is 64.0 Å². The van der Waals surface area contributed by atoms with Gasteiger partial charge in [0.1, 0.15) is 10.3 Å². The maximum Gasteiger partial charge on any atom is 0.253 e. The average molecular weight is 420 g/mol. The molecule has 2 aromatic heterocycles. The number of sulfonamides is 1. The van der Waals surface area contributed by atoms with Crippen LogP contribution in [0.5, 0.6) is 0 Å². The molecular formula is C18H17N3O3S3. The summed E-state index contributed by atoms with van der Waals surface area (Å²) in [6.45, 7) is 2.07. The molecule has 1 aromatic carbocycles. The minimum atomic E-state index is -3.77. The number of nitrogens with zero attached hydrogens (tertiary/aromatic N) is 2. The lowest BCUT2D eigenvalue weighted by Crippen LogP contribution is -2.50. The third-order valence-electron chi connectivity index (χ3n) is 4.42. The Morgan fingerprint density at radius 1 is 1.22 bits per heavy atom. The predicted molar refractivity (Wildman–Crippen MR) is 106 cm³/mol. The van der Waals surface area contributed by atoms with Crippen LogP contribution in [0.1, 0.15) is 16.0 Å². The van der Waals surface area contributed by atoms with E-state index in [1.54, 1.807) is 23.7 Å². The van der Waals surface area contributed by atoms with Crippen molar-refractivity contribution in [1.29, 1.82) is 0 Å². The molecule has 1 N–H and O–H groups in total. The van der Waals surface area contributed by atoms with Crippen LogP contribution in [-0.2, 0) is 27.8 Å². The van der Waals surface area contributed by atoms with Crippen molar-refractivity contribution < 1.29 is 13.2 Å². The van der Waals surface area contributed by atoms with Crippen LogP contribution in [0.25, 0.3) is 0 Å². The SMILES string of the molecule is Cc1cnc(NC(=O)[C@H]2Cc3ccccc3CN2S(=O)(=O)c2cccs2)s1. The Morgan fingerprint density at radius 3 is 2.67 bits per heavy atom. The van der Waals surface area contributed by atoms with Gasteiger partial charge in [-0.15, -0.1) is 22.7 Å². The molecule has 0 unspecified atom stereocenters. The largest absolute Gasteiger partial charge is 0.301 e. The quantitative estimate of drug-likeness (QED) is 0.704. The summed E-state index contributed by atoms with van der Waals surface area (Å²) < 4.78 is 27.9. The molecule has 0 radical (unpaired) electrons. The molecule has 0 spiro atoms. The van der Waals surface area contributed by atoms with Crippen molar-refractivity contribution in [3.8, 4) is 0 Å². The maximum absolute atomic E-state index is 13.2. The first kappa shape index (κ1) is 18.3. The number of benzene rings is 1. The number of hydrogen-bond acceptors (Lipinski definition) is 6. The molecule has 3 aromatic rings. The Kier molecular flexibility index (Phi) is 4.85. The van der Waals surface area contributed by atoms with Crippen LogP contribution in [0, 0.1) is 6.92 Å². The second kappa shape index (κ2) is 7.16. The number of anilines is 1. The Bertz CT molecular complexity index is 1070. The third kappa shape index (κ3) is 3.55. The van der Waals surface area contributed by atoms with Gasteiger partial charge in [0.2, 0.25) is 5.91 Å². The zero-order chi connectivity index (χ0) is 19.0. The van der Waals surface area contributed by atoms with Crippen molar-refractivity contribution in [1.82, 2.24) is 9.29 Å². The molecule has 0 fully saturated rings. The topological polar surface area (TPSA) is 79.4 Å². The minimum absolute atomic E-state index is 0.172. The molecule has 1 atom stereocenters. The highest BCUT2D eigenvalue weighted by Gasteiger charge is 2.40. The van der Waals surface area contributed by atoms with Gasteiger partial charge in [-0.05, 0) is 35.9 Å². The van der Waals surface area contributed by atoms with Gasteiger partial charge in [-0.1, -0.05) is 30.3 Å². The Labute approximate surface area is 165 Å². The van der Waals surface area contributed by atoms with Crippen LogP contribution in [0.4, 0.5) is 5.13 Å². The average Bonchev–Trinajstić information content (AvgIpc) is 3.33. The Morgan fingerprint density at radius 2 is 2.00 bits per heavy atom. The van der Waals surface area contributed by atoms with Gasteiger partial charge < -0.3 is 5.32 Å². The van der Waals surface area contributed by atoms with Gasteiger partial charge in [-0.25, -0.2) is 13.4 Å². The van der Waals surface area contributed by atoms with Crippen molar-refractivity contribution in [2.45, 2.75) is 30.1 Å². The maximum atomic E-state index is 13.2. The minimum Gasteiger partial charge on any atom is -0.301 e. The second-order valence-corrected chi connectivity index (χ2v) is 10.5. The fraction of sp³-hybridized carbons (Fsp3) is 0.222. The summed E-state index contributed by atoms with van der Waals surface area (Å²) in [5.74, 6) is -0.362. The van der Waals surface area contributed by atoms with Gasteiger partial charge in [0.15, 0.2) is 5.13 Å². The predicted octanol–water partition coefficient (Wildman–Crippen LogP) is 3.27. The van der Waals surface area contributed by atoms with E-state index in [0.29, 0.717) is 11.6 Å². The highest BCUT2D eigenvalue weighted by molar-refractivity contribution is 7.91. The van der Waals surface area contributed by atoms with Crippen LogP contribution in [0.15, 0.2) is 52.2 Å². The van der Waals surface area contributed by atoms with E-state index in [-0.39, 0.29) is 16.7 Å². The number of amides is 1. The summed E-state index contributed by atoms with van der Waals surface area (Å²) in [5, 5.41) is 4.97. The molecule has 4 rings (SSSR count). The molecular weight excluding hydrogens is 402 g/mol. The molecule has 27 heavy (non-hydrogen) atoms. The molecule has 3 heterocycles. The first-order valence-corrected chi connectivity index (χ1v) is 11.4. The van der Waals surface area contributed by atoms with Gasteiger partial charge in [0.25, 0.3) is 10.0 Å². The van der Waals surface area contributed by atoms with Gasteiger partial charge in [-0.3, -0.25) is 4.79 Å². The van der Waals surface area contributed by atoms with Crippen molar-refractivity contribution >= 4 is 43.7 Å². The van der Waals surface area contributed by atoms with Crippen LogP contribution in [0.2, 0.25) is 0 Å². The number of rotatable bonds is 4. The monoisotopic (exact) mass is 419 g/mol. The molecule has 0 bridgehead atoms. The smallest absolute Gasteiger partial charge is 0.253 e. The Balaban J connectivity index is 1.70. The number of hydrogen-bond donors (Lipinski definition) is 1. The molecule has 1 amide bonds. The fourth-order valence-corrected chi connectivity index (χ4v) is 6.45. The number of thiophene rings is 1. The number of aryl methyl sites for hydroxylation is 1. The van der Waals surface area contributed by atoms with Gasteiger partial charge in [0, 0.05) is 17.6 Å². The van der Waals surface area contributed by atoms with Crippen molar-refractivity contribution in [2.24, 2.45) is 0 Å². The molecule has 9 heteroatoms. The first-order valence-electron chi connectivity index (χ1n) is 8.30. The molecule has 1 aliphatic heterocycles. The van der Waals surface area contributed by atoms with E-state index in [2.05, 4.69) is 10.3 Å². The van der Waals surface area contributed by atoms with Gasteiger partial charge >= 0.3 is 0 Å². The van der Waals surface area contributed by atoms with E-state index in [1.807, 2.05) is 31.2 Å². The summed E-state index contributed by atoms with van der Waals surface area (Å²) in [6, 6.07) is 10.1. The summed E-state index contributed by atoms with van der Waals surface area (Å²) in [5.41, 5.74) is 1.91. The summed E-state index contributed by atoms with van der Waals surface area (Å²) in [4.78, 5) is 18.1. The second-order valence-electron chi connectivity index (χ2n) is 6.24. The summed E-state index contributed by atoms with van der Waals surface area (Å²) >= 11 is 2.52.